The van der Waals surface area contributed by atoms with Gasteiger partial charge < -0.3 is 11.5 Å². The summed E-state index contributed by atoms with van der Waals surface area (Å²) in [4.78, 5) is 0. The third-order valence-corrected chi connectivity index (χ3v) is 1.81. The SMILES string of the molecule is CC(N)CC(C)(C)CC(C)(C)N. The third-order valence-electron chi connectivity index (χ3n) is 1.81. The lowest BCUT2D eigenvalue weighted by atomic mass is 9.76. The Morgan fingerprint density at radius 3 is 1.83 bits per heavy atom. The summed E-state index contributed by atoms with van der Waals surface area (Å²) in [5.74, 6) is 0. The molecule has 0 aliphatic heterocycles. The highest BCUT2D eigenvalue weighted by Gasteiger charge is 2.26. The first-order chi connectivity index (χ1) is 5.12. The van der Waals surface area contributed by atoms with E-state index in [1.807, 2.05) is 6.92 Å². The van der Waals surface area contributed by atoms with E-state index in [-0.39, 0.29) is 17.0 Å². The van der Waals surface area contributed by atoms with Crippen molar-refractivity contribution in [1.29, 1.82) is 0 Å². The summed E-state index contributed by atoms with van der Waals surface area (Å²) in [6.45, 7) is 10.6. The van der Waals surface area contributed by atoms with E-state index >= 15 is 0 Å². The molecule has 0 aromatic carbocycles. The third kappa shape index (κ3) is 6.62. The molecule has 0 aliphatic rings. The van der Waals surface area contributed by atoms with E-state index < -0.39 is 0 Å². The van der Waals surface area contributed by atoms with Crippen LogP contribution in [-0.2, 0) is 0 Å². The summed E-state index contributed by atoms with van der Waals surface area (Å²) in [6, 6.07) is 0.266. The lowest BCUT2D eigenvalue weighted by Crippen LogP contribution is -2.39. The minimum atomic E-state index is -0.0849. The first-order valence-corrected chi connectivity index (χ1v) is 4.67. The van der Waals surface area contributed by atoms with Crippen molar-refractivity contribution in [3.63, 3.8) is 0 Å². The fraction of sp³-hybridized carbons (Fsp3) is 1.00. The Balaban J connectivity index is 4.04. The van der Waals surface area contributed by atoms with Crippen LogP contribution in [-0.4, -0.2) is 11.6 Å². The highest BCUT2D eigenvalue weighted by atomic mass is 14.7. The summed E-state index contributed by atoms with van der Waals surface area (Å²) in [5.41, 5.74) is 11.9. The first kappa shape index (κ1) is 11.9. The van der Waals surface area contributed by atoms with Crippen molar-refractivity contribution in [2.45, 2.75) is 59.0 Å². The Morgan fingerprint density at radius 1 is 1.17 bits per heavy atom. The molecule has 0 heterocycles. The van der Waals surface area contributed by atoms with Crippen LogP contribution in [0.2, 0.25) is 0 Å². The van der Waals surface area contributed by atoms with Gasteiger partial charge in [-0.25, -0.2) is 0 Å². The van der Waals surface area contributed by atoms with E-state index in [2.05, 4.69) is 27.7 Å². The topological polar surface area (TPSA) is 52.0 Å². The molecular weight excluding hydrogens is 148 g/mol. The van der Waals surface area contributed by atoms with Gasteiger partial charge in [0.2, 0.25) is 0 Å². The van der Waals surface area contributed by atoms with Gasteiger partial charge in [0.05, 0.1) is 0 Å². The zero-order chi connectivity index (χ0) is 9.99. The molecule has 2 heteroatoms. The molecule has 4 N–H and O–H groups in total. The van der Waals surface area contributed by atoms with Crippen LogP contribution < -0.4 is 11.5 Å². The van der Waals surface area contributed by atoms with Crippen LogP contribution in [0.15, 0.2) is 0 Å². The molecule has 74 valence electrons. The van der Waals surface area contributed by atoms with Crippen LogP contribution in [0.25, 0.3) is 0 Å². The lowest BCUT2D eigenvalue weighted by Gasteiger charge is -2.33. The van der Waals surface area contributed by atoms with E-state index in [1.165, 1.54) is 0 Å². The predicted molar refractivity (Wildman–Crippen MR) is 54.9 cm³/mol. The molecule has 2 nitrogen and oxygen atoms in total. The molecule has 1 atom stereocenters. The molecule has 0 amide bonds. The van der Waals surface area contributed by atoms with Gasteiger partial charge in [0.25, 0.3) is 0 Å². The molecule has 0 aromatic heterocycles. The zero-order valence-corrected chi connectivity index (χ0v) is 9.15. The molecule has 0 bridgehead atoms. The highest BCUT2D eigenvalue weighted by molar-refractivity contribution is 4.83. The van der Waals surface area contributed by atoms with E-state index in [4.69, 9.17) is 11.5 Å². The van der Waals surface area contributed by atoms with Crippen molar-refractivity contribution in [2.24, 2.45) is 16.9 Å². The van der Waals surface area contributed by atoms with Gasteiger partial charge in [0.15, 0.2) is 0 Å². The molecule has 12 heavy (non-hydrogen) atoms. The Kier molecular flexibility index (Phi) is 3.73. The Bertz CT molecular complexity index is 131. The predicted octanol–water partition coefficient (Wildman–Crippen LogP) is 1.88. The van der Waals surface area contributed by atoms with Gasteiger partial charge in [-0.1, -0.05) is 13.8 Å². The van der Waals surface area contributed by atoms with Crippen LogP contribution in [0.3, 0.4) is 0 Å². The quantitative estimate of drug-likeness (QED) is 0.680. The Morgan fingerprint density at radius 2 is 1.58 bits per heavy atom. The molecule has 1 unspecified atom stereocenters. The van der Waals surface area contributed by atoms with Crippen molar-refractivity contribution >= 4 is 0 Å². The number of hydrogen-bond donors (Lipinski definition) is 2. The normalized spacial score (nSPS) is 16.2. The smallest absolute Gasteiger partial charge is 0.0102 e. The second-order valence-corrected chi connectivity index (χ2v) is 5.51. The van der Waals surface area contributed by atoms with Crippen molar-refractivity contribution in [3.8, 4) is 0 Å². The van der Waals surface area contributed by atoms with Crippen LogP contribution in [0, 0.1) is 5.41 Å². The minimum absolute atomic E-state index is 0.0849. The van der Waals surface area contributed by atoms with E-state index in [9.17, 15) is 0 Å². The molecule has 0 aliphatic carbocycles. The average Bonchev–Trinajstić information content (AvgIpc) is 1.48. The summed E-state index contributed by atoms with van der Waals surface area (Å²) < 4.78 is 0. The average molecular weight is 172 g/mol. The molecule has 0 saturated carbocycles. The van der Waals surface area contributed by atoms with Crippen LogP contribution >= 0.6 is 0 Å². The molecule has 0 aromatic rings. The fourth-order valence-electron chi connectivity index (χ4n) is 2.18. The van der Waals surface area contributed by atoms with Crippen LogP contribution in [0.4, 0.5) is 0 Å². The van der Waals surface area contributed by atoms with Crippen molar-refractivity contribution in [3.05, 3.63) is 0 Å². The van der Waals surface area contributed by atoms with Crippen LogP contribution in [0.1, 0.15) is 47.5 Å². The first-order valence-electron chi connectivity index (χ1n) is 4.67. The Hall–Kier alpha value is -0.0800. The van der Waals surface area contributed by atoms with E-state index in [0.29, 0.717) is 0 Å². The van der Waals surface area contributed by atoms with E-state index in [0.717, 1.165) is 12.8 Å². The maximum absolute atomic E-state index is 5.96. The molecule has 0 fully saturated rings. The maximum atomic E-state index is 5.96. The lowest BCUT2D eigenvalue weighted by molar-refractivity contribution is 0.229. The van der Waals surface area contributed by atoms with Gasteiger partial charge in [0, 0.05) is 11.6 Å². The van der Waals surface area contributed by atoms with Gasteiger partial charge in [-0.3, -0.25) is 0 Å². The summed E-state index contributed by atoms with van der Waals surface area (Å²) in [5, 5.41) is 0. The van der Waals surface area contributed by atoms with Crippen LogP contribution in [0.5, 0.6) is 0 Å². The number of rotatable bonds is 4. The second-order valence-electron chi connectivity index (χ2n) is 5.51. The van der Waals surface area contributed by atoms with E-state index in [1.54, 1.807) is 0 Å². The maximum Gasteiger partial charge on any atom is 0.0102 e. The molecule has 0 saturated heterocycles. The zero-order valence-electron chi connectivity index (χ0n) is 9.15. The standard InChI is InChI=1S/C10H24N2/c1-8(11)6-9(2,3)7-10(4,5)12/h8H,6-7,11-12H2,1-5H3. The summed E-state index contributed by atoms with van der Waals surface area (Å²) >= 11 is 0. The molecule has 0 rings (SSSR count). The van der Waals surface area contributed by atoms with Crippen molar-refractivity contribution in [2.75, 3.05) is 0 Å². The fourth-order valence-corrected chi connectivity index (χ4v) is 2.18. The number of nitrogens with two attached hydrogens (primary N) is 2. The van der Waals surface area contributed by atoms with Crippen molar-refractivity contribution < 1.29 is 0 Å². The van der Waals surface area contributed by atoms with Gasteiger partial charge in [-0.15, -0.1) is 0 Å². The largest absolute Gasteiger partial charge is 0.328 e. The minimum Gasteiger partial charge on any atom is -0.328 e. The molecule has 0 spiro atoms. The summed E-state index contributed by atoms with van der Waals surface area (Å²) in [7, 11) is 0. The van der Waals surface area contributed by atoms with Gasteiger partial charge in [0.1, 0.15) is 0 Å². The summed E-state index contributed by atoms with van der Waals surface area (Å²) in [6.07, 6.45) is 2.05. The number of hydrogen-bond acceptors (Lipinski definition) is 2. The van der Waals surface area contributed by atoms with Gasteiger partial charge in [-0.05, 0) is 39.0 Å². The molecular formula is C10H24N2. The van der Waals surface area contributed by atoms with Gasteiger partial charge in [-0.2, -0.15) is 0 Å². The van der Waals surface area contributed by atoms with Gasteiger partial charge >= 0.3 is 0 Å². The van der Waals surface area contributed by atoms with Crippen molar-refractivity contribution in [1.82, 2.24) is 0 Å². The monoisotopic (exact) mass is 172 g/mol. The molecule has 0 radical (unpaired) electrons. The second kappa shape index (κ2) is 3.75. The Labute approximate surface area is 76.7 Å². The highest BCUT2D eigenvalue weighted by Crippen LogP contribution is 2.30.